The molecule has 0 spiro atoms. The zero-order chi connectivity index (χ0) is 6.53. The summed E-state index contributed by atoms with van der Waals surface area (Å²) in [5.41, 5.74) is 1.03. The van der Waals surface area contributed by atoms with E-state index in [1.165, 1.54) is 0 Å². The van der Waals surface area contributed by atoms with E-state index in [9.17, 15) is 0 Å². The molecule has 0 aliphatic heterocycles. The van der Waals surface area contributed by atoms with E-state index in [1.54, 1.807) is 7.05 Å². The molecule has 0 N–H and O–H groups in total. The zero-order valence-electron chi connectivity index (χ0n) is 5.33. The van der Waals surface area contributed by atoms with Crippen molar-refractivity contribution in [1.29, 1.82) is 0 Å². The van der Waals surface area contributed by atoms with Crippen molar-refractivity contribution >= 4 is 0 Å². The summed E-state index contributed by atoms with van der Waals surface area (Å²) in [4.78, 5) is 3.76. The first kappa shape index (κ1) is 5.84. The highest BCUT2D eigenvalue weighted by atomic mass is 14.6. The second kappa shape index (κ2) is 2.88. The Labute approximate surface area is 54.8 Å². The van der Waals surface area contributed by atoms with Gasteiger partial charge in [-0.2, -0.15) is 0 Å². The lowest BCUT2D eigenvalue weighted by Crippen LogP contribution is -1.67. The van der Waals surface area contributed by atoms with Gasteiger partial charge in [-0.1, -0.05) is 23.0 Å². The zero-order valence-corrected chi connectivity index (χ0v) is 5.33. The maximum atomic E-state index is 3.76. The molecule has 0 atom stereocenters. The molecular formula is C8H8N+. The molecule has 44 valence electrons. The predicted octanol–water partition coefficient (Wildman–Crippen LogP) is 2.00. The van der Waals surface area contributed by atoms with Gasteiger partial charge >= 0.3 is 6.07 Å². The lowest BCUT2D eigenvalue weighted by atomic mass is 10.2. The first-order valence-electron chi connectivity index (χ1n) is 2.83. The largest absolute Gasteiger partial charge is 0.310 e. The van der Waals surface area contributed by atoms with Gasteiger partial charge in [-0.25, -0.2) is 0 Å². The van der Waals surface area contributed by atoms with Gasteiger partial charge in [0.25, 0.3) is 7.05 Å². The third-order valence-electron chi connectivity index (χ3n) is 1.01. The number of rotatable bonds is 0. The molecule has 0 aliphatic rings. The third kappa shape index (κ3) is 1.58. The molecule has 1 heteroatoms. The van der Waals surface area contributed by atoms with Crippen LogP contribution in [0.4, 0.5) is 0 Å². The molecule has 0 amide bonds. The Morgan fingerprint density at radius 3 is 2.44 bits per heavy atom. The van der Waals surface area contributed by atoms with Crippen LogP contribution in [0.15, 0.2) is 30.3 Å². The van der Waals surface area contributed by atoms with E-state index in [-0.39, 0.29) is 0 Å². The van der Waals surface area contributed by atoms with Crippen LogP contribution in [0.2, 0.25) is 0 Å². The first-order chi connectivity index (χ1) is 4.43. The minimum Gasteiger partial charge on any atom is -0.0813 e. The summed E-state index contributed by atoms with van der Waals surface area (Å²) in [5, 5.41) is 0. The lowest BCUT2D eigenvalue weighted by molar-refractivity contribution is 1.64. The first-order valence-corrected chi connectivity index (χ1v) is 2.83. The van der Waals surface area contributed by atoms with Gasteiger partial charge in [0, 0.05) is 0 Å². The monoisotopic (exact) mass is 118 g/mol. The van der Waals surface area contributed by atoms with E-state index >= 15 is 0 Å². The highest BCUT2D eigenvalue weighted by molar-refractivity contribution is 5.30. The Morgan fingerprint density at radius 1 is 1.22 bits per heavy atom. The van der Waals surface area contributed by atoms with Crippen LogP contribution in [0.1, 0.15) is 5.56 Å². The average Bonchev–Trinajstić information content (AvgIpc) is 1.91. The fraction of sp³-hybridized carbons (Fsp3) is 0.125. The highest BCUT2D eigenvalue weighted by Crippen LogP contribution is 1.94. The Kier molecular flexibility index (Phi) is 1.87. The second-order valence-electron chi connectivity index (χ2n) is 1.70. The van der Waals surface area contributed by atoms with Crippen molar-refractivity contribution in [3.8, 4) is 6.07 Å². The van der Waals surface area contributed by atoms with Gasteiger partial charge in [-0.05, 0) is 12.1 Å². The Morgan fingerprint density at radius 2 is 1.89 bits per heavy atom. The summed E-state index contributed by atoms with van der Waals surface area (Å²) in [7, 11) is 1.72. The summed E-state index contributed by atoms with van der Waals surface area (Å²) in [5.74, 6) is 0. The van der Waals surface area contributed by atoms with Crippen LogP contribution in [-0.2, 0) is 0 Å². The molecule has 0 aromatic heterocycles. The minimum absolute atomic E-state index is 1.03. The number of nitrogens with zero attached hydrogens (tertiary/aromatic N) is 1. The molecule has 0 saturated heterocycles. The van der Waals surface area contributed by atoms with E-state index in [0.717, 1.165) is 5.56 Å². The summed E-state index contributed by atoms with van der Waals surface area (Å²) in [6.45, 7) is 0. The standard InChI is InChI=1S/C8H8N/c1-9-7-8-5-3-2-4-6-8/h2-6H,1H3/q+1. The number of hydrogen-bond acceptors (Lipinski definition) is 0. The molecule has 0 radical (unpaired) electrons. The fourth-order valence-corrected chi connectivity index (χ4v) is 0.642. The van der Waals surface area contributed by atoms with Crippen LogP contribution in [0.25, 0.3) is 4.85 Å². The van der Waals surface area contributed by atoms with E-state index in [0.29, 0.717) is 0 Å². The van der Waals surface area contributed by atoms with Gasteiger partial charge in [0.1, 0.15) is 5.56 Å². The molecule has 1 aromatic rings. The van der Waals surface area contributed by atoms with Crippen molar-refractivity contribution in [2.24, 2.45) is 0 Å². The van der Waals surface area contributed by atoms with E-state index in [1.807, 2.05) is 30.3 Å². The van der Waals surface area contributed by atoms with Crippen LogP contribution >= 0.6 is 0 Å². The molecule has 1 aromatic carbocycles. The van der Waals surface area contributed by atoms with Crippen molar-refractivity contribution in [2.45, 2.75) is 0 Å². The Hall–Kier alpha value is -1.29. The highest BCUT2D eigenvalue weighted by Gasteiger charge is 1.86. The fourth-order valence-electron chi connectivity index (χ4n) is 0.642. The van der Waals surface area contributed by atoms with Crippen molar-refractivity contribution < 1.29 is 0 Å². The Bertz CT molecular complexity index is 228. The van der Waals surface area contributed by atoms with Crippen LogP contribution in [0.5, 0.6) is 0 Å². The smallest absolute Gasteiger partial charge is 0.0813 e. The van der Waals surface area contributed by atoms with Gasteiger partial charge in [0.2, 0.25) is 0 Å². The lowest BCUT2D eigenvalue weighted by Gasteiger charge is -1.77. The summed E-state index contributed by atoms with van der Waals surface area (Å²) in [6.07, 6.45) is 0. The molecule has 0 heterocycles. The van der Waals surface area contributed by atoms with Gasteiger partial charge in [-0.15, -0.1) is 0 Å². The van der Waals surface area contributed by atoms with E-state index in [4.69, 9.17) is 0 Å². The van der Waals surface area contributed by atoms with Crippen LogP contribution in [0.3, 0.4) is 0 Å². The summed E-state index contributed by atoms with van der Waals surface area (Å²) < 4.78 is 0. The molecule has 0 aliphatic carbocycles. The van der Waals surface area contributed by atoms with Crippen LogP contribution in [-0.4, -0.2) is 7.05 Å². The van der Waals surface area contributed by atoms with Gasteiger partial charge in [-0.3, -0.25) is 0 Å². The molecule has 1 nitrogen and oxygen atoms in total. The van der Waals surface area contributed by atoms with Gasteiger partial charge < -0.3 is 0 Å². The number of hydrogen-bond donors (Lipinski definition) is 0. The summed E-state index contributed by atoms with van der Waals surface area (Å²) in [6, 6.07) is 12.7. The predicted molar refractivity (Wildman–Crippen MR) is 38.7 cm³/mol. The minimum atomic E-state index is 1.03. The average molecular weight is 118 g/mol. The van der Waals surface area contributed by atoms with Crippen molar-refractivity contribution in [3.63, 3.8) is 0 Å². The molecule has 0 saturated carbocycles. The van der Waals surface area contributed by atoms with Crippen LogP contribution in [0, 0.1) is 6.07 Å². The molecular weight excluding hydrogens is 110 g/mol. The maximum Gasteiger partial charge on any atom is 0.310 e. The molecule has 1 rings (SSSR count). The molecule has 0 fully saturated rings. The quantitative estimate of drug-likeness (QED) is 0.490. The van der Waals surface area contributed by atoms with Crippen molar-refractivity contribution in [1.82, 2.24) is 0 Å². The van der Waals surface area contributed by atoms with Gasteiger partial charge in [0.05, 0.1) is 0 Å². The molecule has 0 bridgehead atoms. The molecule has 0 unspecified atom stereocenters. The van der Waals surface area contributed by atoms with Crippen molar-refractivity contribution in [2.75, 3.05) is 7.05 Å². The van der Waals surface area contributed by atoms with Crippen LogP contribution < -0.4 is 0 Å². The SMILES string of the molecule is C[N+]#Cc1ccccc1. The number of benzene rings is 1. The van der Waals surface area contributed by atoms with Gasteiger partial charge in [0.15, 0.2) is 0 Å². The normalized spacial score (nSPS) is 7.67. The summed E-state index contributed by atoms with van der Waals surface area (Å²) >= 11 is 0. The molecule has 9 heavy (non-hydrogen) atoms. The third-order valence-corrected chi connectivity index (χ3v) is 1.01. The maximum absolute atomic E-state index is 3.76. The topological polar surface area (TPSA) is 4.36 Å². The van der Waals surface area contributed by atoms with E-state index in [2.05, 4.69) is 10.9 Å². The Balaban J connectivity index is 2.94. The van der Waals surface area contributed by atoms with E-state index < -0.39 is 0 Å². The van der Waals surface area contributed by atoms with Crippen molar-refractivity contribution in [3.05, 3.63) is 40.7 Å². The second-order valence-corrected chi connectivity index (χ2v) is 1.70.